The third-order valence-electron chi connectivity index (χ3n) is 5.11. The molecule has 0 saturated carbocycles. The number of hydrogen-bond donors (Lipinski definition) is 0. The smallest absolute Gasteiger partial charge is 0.291 e. The molecule has 0 radical (unpaired) electrons. The van der Waals surface area contributed by atoms with E-state index in [0.717, 1.165) is 42.3 Å². The van der Waals surface area contributed by atoms with Gasteiger partial charge in [0.1, 0.15) is 5.82 Å². The first-order chi connectivity index (χ1) is 12.9. The third kappa shape index (κ3) is 4.21. The molecule has 8 heteroatoms. The highest BCUT2D eigenvalue weighted by atomic mass is 16.2. The predicted octanol–water partition coefficient (Wildman–Crippen LogP) is 1.30. The minimum Gasteiger partial charge on any atom is -0.355 e. The lowest BCUT2D eigenvalue weighted by atomic mass is 10.2. The maximum absolute atomic E-state index is 12.9. The lowest BCUT2D eigenvalue weighted by Gasteiger charge is -2.24. The predicted molar refractivity (Wildman–Crippen MR) is 104 cm³/mol. The van der Waals surface area contributed by atoms with E-state index in [9.17, 15) is 4.79 Å². The largest absolute Gasteiger partial charge is 0.355 e. The summed E-state index contributed by atoms with van der Waals surface area (Å²) in [6.45, 7) is 6.16. The zero-order chi connectivity index (χ0) is 19.6. The van der Waals surface area contributed by atoms with Crippen LogP contribution >= 0.6 is 0 Å². The van der Waals surface area contributed by atoms with Crippen molar-refractivity contribution in [2.75, 3.05) is 39.1 Å². The molecule has 8 nitrogen and oxygen atoms in total. The number of hydrogen-bond acceptors (Lipinski definition) is 7. The number of carbonyl (C=O) groups is 1. The van der Waals surface area contributed by atoms with E-state index in [4.69, 9.17) is 0 Å². The Morgan fingerprint density at radius 1 is 1.22 bits per heavy atom. The van der Waals surface area contributed by atoms with Gasteiger partial charge >= 0.3 is 0 Å². The molecule has 0 bridgehead atoms. The molecule has 0 unspecified atom stereocenters. The Balaban J connectivity index is 1.82. The van der Waals surface area contributed by atoms with Crippen molar-refractivity contribution in [2.45, 2.75) is 32.9 Å². The van der Waals surface area contributed by atoms with Gasteiger partial charge in [-0.1, -0.05) is 0 Å². The molecule has 0 aliphatic carbocycles. The van der Waals surface area contributed by atoms with Gasteiger partial charge in [-0.2, -0.15) is 0 Å². The number of carbonyl (C=O) groups excluding carboxylic acids is 1. The van der Waals surface area contributed by atoms with Crippen molar-refractivity contribution in [1.29, 1.82) is 0 Å². The van der Waals surface area contributed by atoms with E-state index >= 15 is 0 Å². The van der Waals surface area contributed by atoms with Crippen molar-refractivity contribution in [2.24, 2.45) is 0 Å². The maximum Gasteiger partial charge on any atom is 0.291 e. The van der Waals surface area contributed by atoms with Crippen LogP contribution in [0.4, 0.5) is 5.82 Å². The molecule has 3 heterocycles. The van der Waals surface area contributed by atoms with E-state index in [-0.39, 0.29) is 11.7 Å². The quantitative estimate of drug-likeness (QED) is 0.786. The van der Waals surface area contributed by atoms with Crippen LogP contribution in [0.25, 0.3) is 0 Å². The van der Waals surface area contributed by atoms with Crippen LogP contribution in [0.15, 0.2) is 18.6 Å². The fraction of sp³-hybridized carbons (Fsp3) is 0.526. The standard InChI is InChI=1S/C19H27N7O/c1-13-14(2)22-17(19(27)25(5)11-15-10-20-7-8-21-15)23-18(13)26-9-6-16(12-26)24(3)4/h7-8,10,16H,6,9,11-12H2,1-5H3/t16-/m1/s1. The summed E-state index contributed by atoms with van der Waals surface area (Å²) >= 11 is 0. The van der Waals surface area contributed by atoms with Gasteiger partial charge in [0, 0.05) is 49.8 Å². The van der Waals surface area contributed by atoms with Gasteiger partial charge in [0.15, 0.2) is 0 Å². The topological polar surface area (TPSA) is 78.3 Å². The average Bonchev–Trinajstić information content (AvgIpc) is 3.14. The molecule has 0 spiro atoms. The minimum atomic E-state index is -0.214. The molecule has 0 aromatic carbocycles. The lowest BCUT2D eigenvalue weighted by molar-refractivity contribution is 0.0771. The molecule has 2 aromatic rings. The second-order valence-electron chi connectivity index (χ2n) is 7.29. The zero-order valence-corrected chi connectivity index (χ0v) is 16.7. The molecule has 2 aromatic heterocycles. The summed E-state index contributed by atoms with van der Waals surface area (Å²) in [5.41, 5.74) is 2.60. The number of nitrogens with zero attached hydrogens (tertiary/aromatic N) is 7. The van der Waals surface area contributed by atoms with E-state index in [1.165, 1.54) is 0 Å². The van der Waals surface area contributed by atoms with E-state index in [2.05, 4.69) is 43.8 Å². The molecule has 1 aliphatic rings. The summed E-state index contributed by atoms with van der Waals surface area (Å²) in [7, 11) is 5.93. The monoisotopic (exact) mass is 369 g/mol. The normalized spacial score (nSPS) is 16.8. The van der Waals surface area contributed by atoms with Crippen LogP contribution in [0.3, 0.4) is 0 Å². The number of aryl methyl sites for hydroxylation is 1. The molecular weight excluding hydrogens is 342 g/mol. The summed E-state index contributed by atoms with van der Waals surface area (Å²) in [6.07, 6.45) is 5.97. The van der Waals surface area contributed by atoms with Crippen LogP contribution in [0.1, 0.15) is 34.0 Å². The fourth-order valence-corrected chi connectivity index (χ4v) is 3.27. The second kappa shape index (κ2) is 7.96. The first kappa shape index (κ1) is 19.2. The third-order valence-corrected chi connectivity index (χ3v) is 5.11. The zero-order valence-electron chi connectivity index (χ0n) is 16.7. The van der Waals surface area contributed by atoms with Gasteiger partial charge in [0.25, 0.3) is 5.91 Å². The Morgan fingerprint density at radius 2 is 2.00 bits per heavy atom. The number of likely N-dealkylation sites (N-methyl/N-ethyl adjacent to an activating group) is 1. The first-order valence-electron chi connectivity index (χ1n) is 9.13. The van der Waals surface area contributed by atoms with Crippen molar-refractivity contribution in [1.82, 2.24) is 29.7 Å². The minimum absolute atomic E-state index is 0.214. The molecule has 1 aliphatic heterocycles. The van der Waals surface area contributed by atoms with E-state index in [1.807, 2.05) is 13.8 Å². The summed E-state index contributed by atoms with van der Waals surface area (Å²) in [6, 6.07) is 0.498. The number of rotatable bonds is 5. The summed E-state index contributed by atoms with van der Waals surface area (Å²) < 4.78 is 0. The molecule has 0 N–H and O–H groups in total. The van der Waals surface area contributed by atoms with Gasteiger partial charge in [-0.05, 0) is 34.4 Å². The highest BCUT2D eigenvalue weighted by Gasteiger charge is 2.28. The van der Waals surface area contributed by atoms with Crippen LogP contribution in [-0.4, -0.2) is 75.9 Å². The Morgan fingerprint density at radius 3 is 2.63 bits per heavy atom. The Hall–Kier alpha value is -2.61. The second-order valence-corrected chi connectivity index (χ2v) is 7.29. The first-order valence-corrected chi connectivity index (χ1v) is 9.13. The molecule has 1 amide bonds. The highest BCUT2D eigenvalue weighted by molar-refractivity contribution is 5.90. The van der Waals surface area contributed by atoms with Gasteiger partial charge in [-0.15, -0.1) is 0 Å². The summed E-state index contributed by atoms with van der Waals surface area (Å²) in [5, 5.41) is 0. The summed E-state index contributed by atoms with van der Waals surface area (Å²) in [5.74, 6) is 0.879. The number of aromatic nitrogens is 4. The Kier molecular flexibility index (Phi) is 5.65. The maximum atomic E-state index is 12.9. The molecule has 27 heavy (non-hydrogen) atoms. The van der Waals surface area contributed by atoms with Crippen molar-refractivity contribution in [3.8, 4) is 0 Å². The van der Waals surface area contributed by atoms with Crippen molar-refractivity contribution < 1.29 is 4.79 Å². The van der Waals surface area contributed by atoms with Crippen LogP contribution in [0.2, 0.25) is 0 Å². The van der Waals surface area contributed by atoms with E-state index < -0.39 is 0 Å². The molecule has 1 saturated heterocycles. The molecule has 1 atom stereocenters. The summed E-state index contributed by atoms with van der Waals surface area (Å²) in [4.78, 5) is 36.3. The van der Waals surface area contributed by atoms with Gasteiger partial charge in [-0.25, -0.2) is 9.97 Å². The molecule has 3 rings (SSSR count). The number of amides is 1. The van der Waals surface area contributed by atoms with Gasteiger partial charge in [0.2, 0.25) is 5.82 Å². The molecular formula is C19H27N7O. The molecule has 1 fully saturated rings. The van der Waals surface area contributed by atoms with Crippen LogP contribution in [-0.2, 0) is 6.54 Å². The van der Waals surface area contributed by atoms with Gasteiger partial charge < -0.3 is 14.7 Å². The SMILES string of the molecule is Cc1nc(C(=O)N(C)Cc2cnccn2)nc(N2CC[C@@H](N(C)C)C2)c1C. The Labute approximate surface area is 160 Å². The van der Waals surface area contributed by atoms with E-state index in [1.54, 1.807) is 30.5 Å². The van der Waals surface area contributed by atoms with Crippen molar-refractivity contribution in [3.63, 3.8) is 0 Å². The van der Waals surface area contributed by atoms with Crippen LogP contribution in [0.5, 0.6) is 0 Å². The molecule has 144 valence electrons. The van der Waals surface area contributed by atoms with Crippen LogP contribution in [0, 0.1) is 13.8 Å². The van der Waals surface area contributed by atoms with Gasteiger partial charge in [-0.3, -0.25) is 14.8 Å². The van der Waals surface area contributed by atoms with Crippen molar-refractivity contribution in [3.05, 3.63) is 41.4 Å². The lowest BCUT2D eigenvalue weighted by Crippen LogP contribution is -2.33. The van der Waals surface area contributed by atoms with E-state index in [0.29, 0.717) is 12.6 Å². The fourth-order valence-electron chi connectivity index (χ4n) is 3.27. The van der Waals surface area contributed by atoms with Crippen molar-refractivity contribution >= 4 is 11.7 Å². The average molecular weight is 369 g/mol. The highest BCUT2D eigenvalue weighted by Crippen LogP contribution is 2.25. The Bertz CT molecular complexity index is 809. The van der Waals surface area contributed by atoms with Gasteiger partial charge in [0.05, 0.1) is 18.4 Å². The number of anilines is 1. The van der Waals surface area contributed by atoms with Crippen LogP contribution < -0.4 is 4.90 Å².